The van der Waals surface area contributed by atoms with Gasteiger partial charge in [0.05, 0.1) is 6.42 Å². The van der Waals surface area contributed by atoms with Crippen molar-refractivity contribution in [1.82, 2.24) is 5.32 Å². The zero-order chi connectivity index (χ0) is 14.1. The van der Waals surface area contributed by atoms with Crippen LogP contribution in [0.1, 0.15) is 12.0 Å². The third-order valence-corrected chi connectivity index (χ3v) is 3.85. The second-order valence-electron chi connectivity index (χ2n) is 4.26. The molecule has 19 heavy (non-hydrogen) atoms. The van der Waals surface area contributed by atoms with Crippen LogP contribution in [-0.2, 0) is 16.0 Å². The third kappa shape index (κ3) is 3.28. The molecule has 7 heteroatoms. The largest absolute Gasteiger partial charge is 0.442 e. The zero-order valence-corrected chi connectivity index (χ0v) is 10.5. The smallest absolute Gasteiger partial charge is 0.295 e. The summed E-state index contributed by atoms with van der Waals surface area (Å²) in [4.78, 5) is 23.0. The fourth-order valence-electron chi connectivity index (χ4n) is 2.03. The number of hydrogen-bond acceptors (Lipinski definition) is 3. The van der Waals surface area contributed by atoms with Gasteiger partial charge in [0.15, 0.2) is 0 Å². The SMILES string of the molecule is O=C1CC(Cc2ccccc2)(SC(F)(F)F)C(=O)N1. The Bertz CT molecular complexity index is 503. The number of benzene rings is 1. The van der Waals surface area contributed by atoms with Crippen molar-refractivity contribution in [3.63, 3.8) is 0 Å². The van der Waals surface area contributed by atoms with Gasteiger partial charge in [0.1, 0.15) is 4.75 Å². The van der Waals surface area contributed by atoms with E-state index in [0.717, 1.165) is 0 Å². The Balaban J connectivity index is 2.30. The lowest BCUT2D eigenvalue weighted by atomic mass is 9.97. The summed E-state index contributed by atoms with van der Waals surface area (Å²) >= 11 is -0.414. The Morgan fingerprint density at radius 1 is 1.21 bits per heavy atom. The number of alkyl halides is 3. The second kappa shape index (κ2) is 4.88. The van der Waals surface area contributed by atoms with E-state index >= 15 is 0 Å². The summed E-state index contributed by atoms with van der Waals surface area (Å²) in [5.74, 6) is -1.54. The van der Waals surface area contributed by atoms with Gasteiger partial charge in [-0.1, -0.05) is 30.3 Å². The van der Waals surface area contributed by atoms with E-state index in [1.807, 2.05) is 5.32 Å². The lowest BCUT2D eigenvalue weighted by molar-refractivity contribution is -0.125. The summed E-state index contributed by atoms with van der Waals surface area (Å²) in [6.07, 6.45) is -0.583. The lowest BCUT2D eigenvalue weighted by Gasteiger charge is -2.25. The molecule has 0 radical (unpaired) electrons. The number of halogens is 3. The van der Waals surface area contributed by atoms with Crippen LogP contribution in [-0.4, -0.2) is 22.1 Å². The van der Waals surface area contributed by atoms with Gasteiger partial charge in [-0.2, -0.15) is 13.2 Å². The van der Waals surface area contributed by atoms with E-state index in [2.05, 4.69) is 0 Å². The standard InChI is InChI=1S/C12H10F3NO2S/c13-12(14,15)19-11(7-9(17)16-10(11)18)6-8-4-2-1-3-5-8/h1-5H,6-7H2,(H,16,17,18). The Morgan fingerprint density at radius 3 is 2.32 bits per heavy atom. The molecule has 1 N–H and O–H groups in total. The highest BCUT2D eigenvalue weighted by Crippen LogP contribution is 2.46. The highest BCUT2D eigenvalue weighted by atomic mass is 32.2. The Morgan fingerprint density at radius 2 is 1.84 bits per heavy atom. The van der Waals surface area contributed by atoms with E-state index in [1.54, 1.807) is 30.3 Å². The lowest BCUT2D eigenvalue weighted by Crippen LogP contribution is -2.39. The van der Waals surface area contributed by atoms with Gasteiger partial charge in [-0.15, -0.1) is 0 Å². The molecule has 1 saturated heterocycles. The van der Waals surface area contributed by atoms with Crippen LogP contribution in [0.5, 0.6) is 0 Å². The quantitative estimate of drug-likeness (QED) is 0.868. The van der Waals surface area contributed by atoms with Crippen molar-refractivity contribution in [3.05, 3.63) is 35.9 Å². The van der Waals surface area contributed by atoms with E-state index < -0.39 is 40.3 Å². The maximum absolute atomic E-state index is 12.6. The van der Waals surface area contributed by atoms with Crippen molar-refractivity contribution in [2.75, 3.05) is 0 Å². The molecule has 1 heterocycles. The minimum atomic E-state index is -4.57. The monoisotopic (exact) mass is 289 g/mol. The molecule has 2 amide bonds. The molecule has 3 nitrogen and oxygen atoms in total. The fourth-order valence-corrected chi connectivity index (χ4v) is 3.06. The van der Waals surface area contributed by atoms with Gasteiger partial charge in [0, 0.05) is 0 Å². The number of carbonyl (C=O) groups excluding carboxylic acids is 2. The van der Waals surface area contributed by atoms with Crippen LogP contribution in [0.2, 0.25) is 0 Å². The normalized spacial score (nSPS) is 23.5. The van der Waals surface area contributed by atoms with Crippen LogP contribution in [0, 0.1) is 0 Å². The number of nitrogens with one attached hydrogen (secondary N) is 1. The molecule has 1 aromatic rings. The summed E-state index contributed by atoms with van der Waals surface area (Å²) in [7, 11) is 0. The number of carbonyl (C=O) groups is 2. The van der Waals surface area contributed by atoms with E-state index in [0.29, 0.717) is 5.56 Å². The molecule has 1 atom stereocenters. The first-order valence-corrected chi connectivity index (χ1v) is 6.27. The number of thioether (sulfide) groups is 1. The molecule has 1 aromatic carbocycles. The molecule has 1 aliphatic rings. The highest BCUT2D eigenvalue weighted by Gasteiger charge is 2.53. The van der Waals surface area contributed by atoms with Crippen LogP contribution in [0.3, 0.4) is 0 Å². The molecule has 2 rings (SSSR count). The van der Waals surface area contributed by atoms with Crippen molar-refractivity contribution < 1.29 is 22.8 Å². The van der Waals surface area contributed by atoms with Gasteiger partial charge >= 0.3 is 5.51 Å². The Hall–Kier alpha value is -1.50. The summed E-state index contributed by atoms with van der Waals surface area (Å²) in [5.41, 5.74) is -3.99. The van der Waals surface area contributed by atoms with Gasteiger partial charge in [-0.25, -0.2) is 0 Å². The summed E-state index contributed by atoms with van der Waals surface area (Å²) in [6.45, 7) is 0. The van der Waals surface area contributed by atoms with E-state index in [9.17, 15) is 22.8 Å². The Kier molecular flexibility index (Phi) is 3.58. The molecular formula is C12H10F3NO2S. The van der Waals surface area contributed by atoms with Crippen molar-refractivity contribution in [3.8, 4) is 0 Å². The molecule has 0 spiro atoms. The van der Waals surface area contributed by atoms with Gasteiger partial charge in [0.25, 0.3) is 0 Å². The summed E-state index contributed by atoms with van der Waals surface area (Å²) in [6, 6.07) is 8.35. The predicted octanol–water partition coefficient (Wildman–Crippen LogP) is 2.27. The molecule has 0 aromatic heterocycles. The molecule has 1 fully saturated rings. The van der Waals surface area contributed by atoms with Crippen molar-refractivity contribution in [2.45, 2.75) is 23.1 Å². The fraction of sp³-hybridized carbons (Fsp3) is 0.333. The number of rotatable bonds is 3. The highest BCUT2D eigenvalue weighted by molar-refractivity contribution is 8.02. The van der Waals surface area contributed by atoms with Gasteiger partial charge in [-0.05, 0) is 23.7 Å². The zero-order valence-electron chi connectivity index (χ0n) is 9.66. The molecule has 1 unspecified atom stereocenters. The molecule has 0 saturated carbocycles. The number of imide groups is 1. The molecule has 102 valence electrons. The third-order valence-electron chi connectivity index (χ3n) is 2.76. The average molecular weight is 289 g/mol. The first-order chi connectivity index (χ1) is 8.81. The summed E-state index contributed by atoms with van der Waals surface area (Å²) < 4.78 is 36.1. The van der Waals surface area contributed by atoms with Crippen LogP contribution >= 0.6 is 11.8 Å². The molecule has 1 aliphatic heterocycles. The Labute approximate surface area is 111 Å². The van der Waals surface area contributed by atoms with Crippen molar-refractivity contribution in [2.24, 2.45) is 0 Å². The predicted molar refractivity (Wildman–Crippen MR) is 64.3 cm³/mol. The topological polar surface area (TPSA) is 46.2 Å². The van der Waals surface area contributed by atoms with Gasteiger partial charge in [0.2, 0.25) is 11.8 Å². The molecule has 0 aliphatic carbocycles. The minimum absolute atomic E-state index is 0.129. The second-order valence-corrected chi connectivity index (χ2v) is 5.71. The maximum atomic E-state index is 12.6. The first-order valence-electron chi connectivity index (χ1n) is 5.46. The minimum Gasteiger partial charge on any atom is -0.295 e. The van der Waals surface area contributed by atoms with Gasteiger partial charge in [-0.3, -0.25) is 14.9 Å². The van der Waals surface area contributed by atoms with Crippen LogP contribution < -0.4 is 5.32 Å². The average Bonchev–Trinajstić information content (AvgIpc) is 2.52. The molecular weight excluding hydrogens is 279 g/mol. The number of amides is 2. The molecule has 0 bridgehead atoms. The van der Waals surface area contributed by atoms with E-state index in [1.165, 1.54) is 0 Å². The van der Waals surface area contributed by atoms with Crippen LogP contribution in [0.15, 0.2) is 30.3 Å². The van der Waals surface area contributed by atoms with E-state index in [4.69, 9.17) is 0 Å². The first kappa shape index (κ1) is 13.9. The van der Waals surface area contributed by atoms with Crippen molar-refractivity contribution >= 4 is 23.6 Å². The maximum Gasteiger partial charge on any atom is 0.442 e. The van der Waals surface area contributed by atoms with E-state index in [-0.39, 0.29) is 6.42 Å². The van der Waals surface area contributed by atoms with Crippen LogP contribution in [0.4, 0.5) is 13.2 Å². The van der Waals surface area contributed by atoms with Crippen molar-refractivity contribution in [1.29, 1.82) is 0 Å². The number of hydrogen-bond donors (Lipinski definition) is 1. The van der Waals surface area contributed by atoms with Gasteiger partial charge < -0.3 is 0 Å². The van der Waals surface area contributed by atoms with Crippen LogP contribution in [0.25, 0.3) is 0 Å². The summed E-state index contributed by atoms with van der Waals surface area (Å²) in [5, 5.41) is 1.95.